The van der Waals surface area contributed by atoms with Gasteiger partial charge < -0.3 is 5.11 Å². The van der Waals surface area contributed by atoms with Crippen LogP contribution in [0.5, 0.6) is 5.88 Å². The molecule has 0 radical (unpaired) electrons. The smallest absolute Gasteiger partial charge is 0.283 e. The quantitative estimate of drug-likeness (QED) is 0.172. The lowest BCUT2D eigenvalue weighted by molar-refractivity contribution is 0.424. The predicted molar refractivity (Wildman–Crippen MR) is 165 cm³/mol. The molecule has 6 nitrogen and oxygen atoms in total. The number of aromatic nitrogens is 2. The maximum Gasteiger partial charge on any atom is 0.283 e. The molecule has 0 spiro atoms. The summed E-state index contributed by atoms with van der Waals surface area (Å²) in [6.45, 7) is 0. The van der Waals surface area contributed by atoms with Crippen LogP contribution >= 0.6 is 47.8 Å². The number of halogens is 3. The molecule has 0 aliphatic carbocycles. The Morgan fingerprint density at radius 2 is 1.28 bits per heavy atom. The van der Waals surface area contributed by atoms with Crippen molar-refractivity contribution in [3.8, 4) is 17.3 Å². The van der Waals surface area contributed by atoms with Gasteiger partial charge in [0, 0.05) is 19.8 Å². The molecule has 1 N–H and O–H groups in total. The third-order valence-electron chi connectivity index (χ3n) is 5.94. The molecule has 0 fully saturated rings. The van der Waals surface area contributed by atoms with Gasteiger partial charge in [-0.2, -0.15) is 5.11 Å². The Hall–Kier alpha value is -3.53. The van der Waals surface area contributed by atoms with Crippen LogP contribution in [-0.2, 0) is 6.42 Å². The summed E-state index contributed by atoms with van der Waals surface area (Å²) in [4.78, 5) is 14.0. The zero-order valence-electron chi connectivity index (χ0n) is 20.4. The summed E-state index contributed by atoms with van der Waals surface area (Å²) in [5.41, 5.74) is 3.13. The van der Waals surface area contributed by atoms with Crippen molar-refractivity contribution in [1.29, 1.82) is 0 Å². The fourth-order valence-corrected chi connectivity index (χ4v) is 6.60. The minimum atomic E-state index is -0.370. The van der Waals surface area contributed by atoms with E-state index in [1.807, 2.05) is 103 Å². The van der Waals surface area contributed by atoms with Crippen LogP contribution in [0.15, 0.2) is 138 Å². The van der Waals surface area contributed by atoms with E-state index in [9.17, 15) is 9.90 Å². The van der Waals surface area contributed by atoms with Gasteiger partial charge in [-0.25, -0.2) is 9.36 Å². The topological polar surface area (TPSA) is 71.9 Å². The van der Waals surface area contributed by atoms with Gasteiger partial charge in [-0.3, -0.25) is 4.79 Å². The Morgan fingerprint density at radius 1 is 0.769 bits per heavy atom. The highest BCUT2D eigenvalue weighted by Gasteiger charge is 2.25. The summed E-state index contributed by atoms with van der Waals surface area (Å²) in [5, 5.41) is 20.3. The van der Waals surface area contributed by atoms with Gasteiger partial charge in [0.15, 0.2) is 0 Å². The van der Waals surface area contributed by atoms with Crippen molar-refractivity contribution in [1.82, 2.24) is 9.36 Å². The summed E-state index contributed by atoms with van der Waals surface area (Å²) >= 11 is 10.5. The lowest BCUT2D eigenvalue weighted by Gasteiger charge is -2.12. The predicted octanol–water partition coefficient (Wildman–Crippen LogP) is 8.99. The highest BCUT2D eigenvalue weighted by molar-refractivity contribution is 9.11. The van der Waals surface area contributed by atoms with Crippen molar-refractivity contribution in [2.45, 2.75) is 6.42 Å². The molecule has 1 heterocycles. The van der Waals surface area contributed by atoms with Gasteiger partial charge in [0.25, 0.3) is 5.56 Å². The number of allylic oxidation sites excluding steroid dienone is 1. The van der Waals surface area contributed by atoms with Crippen molar-refractivity contribution in [2.75, 3.05) is 0 Å². The molecular weight excluding hydrogens is 688 g/mol. The monoisotopic (exact) mass is 706 g/mol. The summed E-state index contributed by atoms with van der Waals surface area (Å²) in [6, 6.07) is 32.0. The second kappa shape index (κ2) is 12.1. The van der Waals surface area contributed by atoms with Gasteiger partial charge in [0.05, 0.1) is 17.6 Å². The first-order valence-electron chi connectivity index (χ1n) is 11.9. The van der Waals surface area contributed by atoms with E-state index in [1.165, 1.54) is 15.6 Å². The lowest BCUT2D eigenvalue weighted by atomic mass is 10.0. The van der Waals surface area contributed by atoms with Crippen molar-refractivity contribution >= 4 is 59.1 Å². The van der Waals surface area contributed by atoms with Crippen LogP contribution in [0.4, 0.5) is 5.69 Å². The molecule has 0 amide bonds. The minimum Gasteiger partial charge on any atom is -0.493 e. The number of rotatable bonds is 7. The second-order valence-electron chi connectivity index (χ2n) is 8.55. The number of benzene rings is 4. The van der Waals surface area contributed by atoms with Gasteiger partial charge in [-0.05, 0) is 79.4 Å². The first-order chi connectivity index (χ1) is 18.9. The fourth-order valence-electron chi connectivity index (χ4n) is 4.18. The molecule has 5 rings (SSSR count). The lowest BCUT2D eigenvalue weighted by Crippen LogP contribution is -2.21. The molecule has 39 heavy (non-hydrogen) atoms. The van der Waals surface area contributed by atoms with E-state index >= 15 is 0 Å². The largest absolute Gasteiger partial charge is 0.493 e. The maximum atomic E-state index is 14.0. The van der Waals surface area contributed by atoms with Gasteiger partial charge in [0.1, 0.15) is 11.3 Å². The zero-order chi connectivity index (χ0) is 27.4. The van der Waals surface area contributed by atoms with Crippen molar-refractivity contribution < 1.29 is 5.11 Å². The molecule has 0 bridgehead atoms. The van der Waals surface area contributed by atoms with Crippen molar-refractivity contribution in [3.63, 3.8) is 0 Å². The van der Waals surface area contributed by atoms with Gasteiger partial charge >= 0.3 is 0 Å². The summed E-state index contributed by atoms with van der Waals surface area (Å²) in [7, 11) is 0. The Kier molecular flexibility index (Phi) is 8.40. The highest BCUT2D eigenvalue weighted by Crippen LogP contribution is 2.37. The van der Waals surface area contributed by atoms with Crippen LogP contribution in [0, 0.1) is 0 Å². The number of aromatic hydroxyl groups is 1. The second-order valence-corrected chi connectivity index (χ2v) is 11.2. The zero-order valence-corrected chi connectivity index (χ0v) is 25.1. The normalized spacial score (nSPS) is 11.8. The highest BCUT2D eigenvalue weighted by atomic mass is 79.9. The van der Waals surface area contributed by atoms with Gasteiger partial charge in [-0.1, -0.05) is 82.7 Å². The van der Waals surface area contributed by atoms with Crippen LogP contribution in [0.3, 0.4) is 0 Å². The Balaban J connectivity index is 1.71. The molecular formula is C30H21Br3N4O2. The molecule has 194 valence electrons. The molecule has 0 aliphatic heterocycles. The summed E-state index contributed by atoms with van der Waals surface area (Å²) < 4.78 is 5.36. The summed E-state index contributed by atoms with van der Waals surface area (Å²) in [5.74, 6) is -0.182. The van der Waals surface area contributed by atoms with Crippen molar-refractivity contribution in [3.05, 3.63) is 144 Å². The molecule has 9 heteroatoms. The van der Waals surface area contributed by atoms with E-state index in [0.717, 1.165) is 19.0 Å². The van der Waals surface area contributed by atoms with E-state index in [0.29, 0.717) is 29.1 Å². The van der Waals surface area contributed by atoms with E-state index < -0.39 is 0 Å². The van der Waals surface area contributed by atoms with Crippen molar-refractivity contribution in [2.24, 2.45) is 10.2 Å². The van der Waals surface area contributed by atoms with Crippen LogP contribution < -0.4 is 5.56 Å². The Morgan fingerprint density at radius 3 is 1.85 bits per heavy atom. The van der Waals surface area contributed by atoms with Gasteiger partial charge in [0.2, 0.25) is 5.88 Å². The van der Waals surface area contributed by atoms with Crippen LogP contribution in [0.2, 0.25) is 0 Å². The average molecular weight is 709 g/mol. The first-order valence-corrected chi connectivity index (χ1v) is 14.3. The van der Waals surface area contributed by atoms with Gasteiger partial charge in [-0.15, -0.1) is 5.11 Å². The molecule has 5 aromatic rings. The Labute approximate surface area is 250 Å². The summed E-state index contributed by atoms with van der Waals surface area (Å²) in [6.07, 6.45) is 1.90. The van der Waals surface area contributed by atoms with Crippen LogP contribution in [-0.4, -0.2) is 14.5 Å². The minimum absolute atomic E-state index is 0.152. The number of nitrogens with zero attached hydrogens (tertiary/aromatic N) is 4. The standard InChI is InChI=1S/C30H21Br3N4O2/c31-22-17-25(32)28(26(33)18-22)35-34-19-21(16-20-10-4-1-5-11-20)27-29(38)36(23-12-6-2-7-13-23)37(30(27)39)24-14-8-3-9-15-24/h1-15,17-19,38H,16H2/b21-19+,35-34?. The first kappa shape index (κ1) is 27.1. The van der Waals surface area contributed by atoms with Crippen LogP contribution in [0.25, 0.3) is 16.9 Å². The Bertz CT molecular complexity index is 1710. The molecule has 0 atom stereocenters. The van der Waals surface area contributed by atoms with E-state index in [4.69, 9.17) is 0 Å². The number of para-hydroxylation sites is 2. The third kappa shape index (κ3) is 5.90. The molecule has 0 saturated heterocycles. The molecule has 0 unspecified atom stereocenters. The average Bonchev–Trinajstić information content (AvgIpc) is 3.20. The number of azo groups is 1. The van der Waals surface area contributed by atoms with E-state index in [1.54, 1.807) is 0 Å². The van der Waals surface area contributed by atoms with E-state index in [-0.39, 0.29) is 17.0 Å². The fraction of sp³-hybridized carbons (Fsp3) is 0.0333. The van der Waals surface area contributed by atoms with Crippen LogP contribution in [0.1, 0.15) is 11.1 Å². The molecule has 0 saturated carbocycles. The number of hydrogen-bond donors (Lipinski definition) is 1. The maximum absolute atomic E-state index is 14.0. The SMILES string of the molecule is O=c1c(/C(=C/N=Nc2c(Br)cc(Br)cc2Br)Cc2ccccc2)c(O)n(-c2ccccc2)n1-c1ccccc1. The van der Waals surface area contributed by atoms with E-state index in [2.05, 4.69) is 58.0 Å². The third-order valence-corrected chi connectivity index (χ3v) is 7.61. The molecule has 0 aliphatic rings. The number of hydrogen-bond acceptors (Lipinski definition) is 4. The molecule has 4 aromatic carbocycles. The molecule has 1 aromatic heterocycles.